The molecule has 0 aliphatic carbocycles. The number of methoxy groups -OCH3 is 1. The zero-order valence-corrected chi connectivity index (χ0v) is 13.1. The predicted molar refractivity (Wildman–Crippen MR) is 83.0 cm³/mol. The second kappa shape index (κ2) is 6.42. The lowest BCUT2D eigenvalue weighted by Gasteiger charge is -2.18. The predicted octanol–water partition coefficient (Wildman–Crippen LogP) is 4.42. The molecule has 2 aromatic rings. The molecular formula is C15H15BrClNO. The van der Waals surface area contributed by atoms with E-state index in [-0.39, 0.29) is 6.04 Å². The van der Waals surface area contributed by atoms with Crippen LogP contribution in [0.25, 0.3) is 0 Å². The Morgan fingerprint density at radius 3 is 2.58 bits per heavy atom. The summed E-state index contributed by atoms with van der Waals surface area (Å²) in [4.78, 5) is 0. The van der Waals surface area contributed by atoms with Crippen LogP contribution in [0.3, 0.4) is 0 Å². The van der Waals surface area contributed by atoms with Crippen LogP contribution in [0.15, 0.2) is 46.9 Å². The highest BCUT2D eigenvalue weighted by Crippen LogP contribution is 2.29. The molecule has 0 radical (unpaired) electrons. The summed E-state index contributed by atoms with van der Waals surface area (Å²) in [5.74, 6) is 0.846. The van der Waals surface area contributed by atoms with Gasteiger partial charge in [0.25, 0.3) is 0 Å². The molecule has 0 bridgehead atoms. The van der Waals surface area contributed by atoms with Gasteiger partial charge in [0, 0.05) is 9.50 Å². The molecule has 0 saturated heterocycles. The van der Waals surface area contributed by atoms with Gasteiger partial charge in [-0.3, -0.25) is 0 Å². The lowest BCUT2D eigenvalue weighted by molar-refractivity contribution is 0.414. The molecular weight excluding hydrogens is 326 g/mol. The number of halogens is 2. The number of nitrogens with one attached hydrogen (secondary N) is 1. The Bertz CT molecular complexity index is 554. The smallest absolute Gasteiger partial charge is 0.119 e. The van der Waals surface area contributed by atoms with Crippen molar-refractivity contribution in [3.8, 4) is 5.75 Å². The van der Waals surface area contributed by atoms with E-state index >= 15 is 0 Å². The molecule has 1 unspecified atom stereocenters. The van der Waals surface area contributed by atoms with Gasteiger partial charge in [-0.2, -0.15) is 0 Å². The van der Waals surface area contributed by atoms with Gasteiger partial charge in [-0.05, 0) is 48.5 Å². The normalized spacial score (nSPS) is 12.2. The molecule has 0 heterocycles. The highest BCUT2D eigenvalue weighted by atomic mass is 79.9. The molecule has 1 atom stereocenters. The van der Waals surface area contributed by atoms with Gasteiger partial charge in [-0.15, -0.1) is 0 Å². The van der Waals surface area contributed by atoms with E-state index < -0.39 is 0 Å². The summed E-state index contributed by atoms with van der Waals surface area (Å²) in [5.41, 5.74) is 2.24. The van der Waals surface area contributed by atoms with Crippen molar-refractivity contribution >= 4 is 27.5 Å². The van der Waals surface area contributed by atoms with Crippen LogP contribution in [0.1, 0.15) is 17.2 Å². The van der Waals surface area contributed by atoms with Crippen molar-refractivity contribution in [2.24, 2.45) is 0 Å². The minimum atomic E-state index is 0.0742. The number of rotatable bonds is 4. The van der Waals surface area contributed by atoms with E-state index in [0.29, 0.717) is 5.02 Å². The zero-order valence-electron chi connectivity index (χ0n) is 10.8. The van der Waals surface area contributed by atoms with Crippen LogP contribution in [-0.2, 0) is 0 Å². The van der Waals surface area contributed by atoms with Gasteiger partial charge in [-0.25, -0.2) is 0 Å². The Morgan fingerprint density at radius 2 is 1.95 bits per heavy atom. The van der Waals surface area contributed by atoms with Gasteiger partial charge < -0.3 is 10.1 Å². The van der Waals surface area contributed by atoms with Gasteiger partial charge in [0.2, 0.25) is 0 Å². The average Bonchev–Trinajstić information content (AvgIpc) is 2.39. The first-order valence-electron chi connectivity index (χ1n) is 5.91. The Labute approximate surface area is 126 Å². The topological polar surface area (TPSA) is 21.3 Å². The maximum atomic E-state index is 6.11. The largest absolute Gasteiger partial charge is 0.497 e. The lowest BCUT2D eigenvalue weighted by atomic mass is 9.99. The van der Waals surface area contributed by atoms with E-state index in [1.54, 1.807) is 7.11 Å². The standard InChI is InChI=1S/C15H15BrClNO/c1-18-15(10-4-3-5-14(8-10)19-2)11-6-12(16)9-13(17)7-11/h3-9,15,18H,1-2H3. The molecule has 4 heteroatoms. The van der Waals surface area contributed by atoms with E-state index in [2.05, 4.69) is 33.4 Å². The Balaban J connectivity index is 2.43. The maximum absolute atomic E-state index is 6.11. The van der Waals surface area contributed by atoms with E-state index in [1.165, 1.54) is 0 Å². The molecule has 0 aliphatic rings. The highest BCUT2D eigenvalue weighted by molar-refractivity contribution is 9.10. The van der Waals surface area contributed by atoms with Gasteiger partial charge in [0.05, 0.1) is 13.2 Å². The zero-order chi connectivity index (χ0) is 13.8. The first kappa shape index (κ1) is 14.4. The van der Waals surface area contributed by atoms with Crippen molar-refractivity contribution in [1.82, 2.24) is 5.32 Å². The average molecular weight is 341 g/mol. The molecule has 2 rings (SSSR count). The third kappa shape index (κ3) is 3.50. The van der Waals surface area contributed by atoms with Crippen molar-refractivity contribution in [3.63, 3.8) is 0 Å². The fourth-order valence-corrected chi connectivity index (χ4v) is 2.97. The van der Waals surface area contributed by atoms with E-state index in [9.17, 15) is 0 Å². The van der Waals surface area contributed by atoms with Gasteiger partial charge >= 0.3 is 0 Å². The van der Waals surface area contributed by atoms with Crippen LogP contribution in [0.4, 0.5) is 0 Å². The Kier molecular flexibility index (Phi) is 4.86. The molecule has 100 valence electrons. The van der Waals surface area contributed by atoms with E-state index in [4.69, 9.17) is 16.3 Å². The van der Waals surface area contributed by atoms with Crippen molar-refractivity contribution in [1.29, 1.82) is 0 Å². The Morgan fingerprint density at radius 1 is 1.16 bits per heavy atom. The quantitative estimate of drug-likeness (QED) is 0.889. The summed E-state index contributed by atoms with van der Waals surface area (Å²) in [6, 6.07) is 14.0. The van der Waals surface area contributed by atoms with Crippen LogP contribution in [0.2, 0.25) is 5.02 Å². The number of benzene rings is 2. The van der Waals surface area contributed by atoms with Crippen molar-refractivity contribution in [2.75, 3.05) is 14.2 Å². The molecule has 2 aromatic carbocycles. The second-order valence-electron chi connectivity index (χ2n) is 4.20. The molecule has 0 fully saturated rings. The third-order valence-corrected chi connectivity index (χ3v) is 3.61. The first-order chi connectivity index (χ1) is 9.13. The highest BCUT2D eigenvalue weighted by Gasteiger charge is 2.13. The summed E-state index contributed by atoms with van der Waals surface area (Å²) in [6.07, 6.45) is 0. The fraction of sp³-hybridized carbons (Fsp3) is 0.200. The van der Waals surface area contributed by atoms with Crippen molar-refractivity contribution in [3.05, 3.63) is 63.1 Å². The van der Waals surface area contributed by atoms with E-state index in [0.717, 1.165) is 21.3 Å². The minimum Gasteiger partial charge on any atom is -0.497 e. The molecule has 0 spiro atoms. The van der Waals surface area contributed by atoms with Gasteiger partial charge in [0.15, 0.2) is 0 Å². The van der Waals surface area contributed by atoms with Gasteiger partial charge in [-0.1, -0.05) is 39.7 Å². The molecule has 0 aromatic heterocycles. The van der Waals surface area contributed by atoms with Crippen LogP contribution < -0.4 is 10.1 Å². The molecule has 0 aliphatic heterocycles. The molecule has 0 saturated carbocycles. The summed E-state index contributed by atoms with van der Waals surface area (Å²) >= 11 is 9.59. The second-order valence-corrected chi connectivity index (χ2v) is 5.55. The first-order valence-corrected chi connectivity index (χ1v) is 7.08. The number of hydrogen-bond donors (Lipinski definition) is 1. The number of ether oxygens (including phenoxy) is 1. The summed E-state index contributed by atoms with van der Waals surface area (Å²) in [5, 5.41) is 4.02. The summed E-state index contributed by atoms with van der Waals surface area (Å²) in [7, 11) is 3.60. The van der Waals surface area contributed by atoms with Crippen LogP contribution >= 0.6 is 27.5 Å². The molecule has 0 amide bonds. The fourth-order valence-electron chi connectivity index (χ4n) is 2.09. The van der Waals surface area contributed by atoms with Crippen molar-refractivity contribution in [2.45, 2.75) is 6.04 Å². The monoisotopic (exact) mass is 339 g/mol. The molecule has 19 heavy (non-hydrogen) atoms. The summed E-state index contributed by atoms with van der Waals surface area (Å²) in [6.45, 7) is 0. The lowest BCUT2D eigenvalue weighted by Crippen LogP contribution is -2.17. The van der Waals surface area contributed by atoms with Crippen molar-refractivity contribution < 1.29 is 4.74 Å². The molecule has 2 nitrogen and oxygen atoms in total. The van der Waals surface area contributed by atoms with Crippen LogP contribution in [-0.4, -0.2) is 14.2 Å². The maximum Gasteiger partial charge on any atom is 0.119 e. The summed E-state index contributed by atoms with van der Waals surface area (Å²) < 4.78 is 6.24. The van der Waals surface area contributed by atoms with Gasteiger partial charge in [0.1, 0.15) is 5.75 Å². The Hall–Kier alpha value is -1.03. The number of hydrogen-bond acceptors (Lipinski definition) is 2. The van der Waals surface area contributed by atoms with E-state index in [1.807, 2.05) is 37.4 Å². The van der Waals surface area contributed by atoms with Crippen LogP contribution in [0.5, 0.6) is 5.75 Å². The SMILES string of the molecule is CNC(c1cc(Cl)cc(Br)c1)c1cccc(OC)c1. The molecule has 1 N–H and O–H groups in total. The third-order valence-electron chi connectivity index (χ3n) is 2.93. The minimum absolute atomic E-state index is 0.0742. The van der Waals surface area contributed by atoms with Crippen LogP contribution in [0, 0.1) is 0 Å².